The van der Waals surface area contributed by atoms with Gasteiger partial charge in [0.2, 0.25) is 0 Å². The first-order valence-electron chi connectivity index (χ1n) is 8.70. The molecule has 3 heteroatoms. The molecule has 1 aliphatic heterocycles. The van der Waals surface area contributed by atoms with Gasteiger partial charge in [0.25, 0.3) is 0 Å². The van der Waals surface area contributed by atoms with Gasteiger partial charge in [0.1, 0.15) is 0 Å². The van der Waals surface area contributed by atoms with Crippen LogP contribution in [0.5, 0.6) is 0 Å². The van der Waals surface area contributed by atoms with Crippen LogP contribution in [0.2, 0.25) is 0 Å². The van der Waals surface area contributed by atoms with Gasteiger partial charge >= 0.3 is 0 Å². The lowest BCUT2D eigenvalue weighted by molar-refractivity contribution is -0.0792. The molecule has 0 bridgehead atoms. The lowest BCUT2D eigenvalue weighted by Gasteiger charge is -2.40. The van der Waals surface area contributed by atoms with Gasteiger partial charge in [-0.05, 0) is 82.0 Å². The summed E-state index contributed by atoms with van der Waals surface area (Å²) in [5.74, 6) is 2.20. The molecule has 3 aliphatic rings. The monoisotopic (exact) mass is 282 g/mol. The summed E-state index contributed by atoms with van der Waals surface area (Å²) in [4.78, 5) is 0. The van der Waals surface area contributed by atoms with E-state index >= 15 is 0 Å². The van der Waals surface area contributed by atoms with Crippen molar-refractivity contribution in [2.75, 3.05) is 6.61 Å². The Labute approximate surface area is 122 Å². The Morgan fingerprint density at radius 2 is 1.05 bits per heavy atom. The quantitative estimate of drug-likeness (QED) is 0.819. The van der Waals surface area contributed by atoms with Crippen LogP contribution in [-0.4, -0.2) is 35.1 Å². The van der Waals surface area contributed by atoms with E-state index in [0.717, 1.165) is 57.0 Å². The second-order valence-corrected chi connectivity index (χ2v) is 7.35. The average Bonchev–Trinajstić information content (AvgIpc) is 2.49. The second kappa shape index (κ2) is 6.76. The Balaban J connectivity index is 1.42. The first kappa shape index (κ1) is 14.8. The molecule has 0 aromatic heterocycles. The molecule has 2 saturated carbocycles. The predicted octanol–water partition coefficient (Wildman–Crippen LogP) is 2.88. The molecule has 3 rings (SSSR count). The van der Waals surface area contributed by atoms with Crippen LogP contribution in [0.4, 0.5) is 0 Å². The Hall–Kier alpha value is -0.120. The SMILES string of the molecule is OC1CCC(C2CCC(C3CCC(O)CC3)OC2)CC1. The Kier molecular flexibility index (Phi) is 5.00. The van der Waals surface area contributed by atoms with Crippen LogP contribution in [0.25, 0.3) is 0 Å². The smallest absolute Gasteiger partial charge is 0.0603 e. The van der Waals surface area contributed by atoms with Crippen molar-refractivity contribution in [3.05, 3.63) is 0 Å². The van der Waals surface area contributed by atoms with Crippen LogP contribution in [0.15, 0.2) is 0 Å². The molecule has 20 heavy (non-hydrogen) atoms. The van der Waals surface area contributed by atoms with Crippen molar-refractivity contribution >= 4 is 0 Å². The van der Waals surface area contributed by atoms with Gasteiger partial charge < -0.3 is 14.9 Å². The molecule has 3 nitrogen and oxygen atoms in total. The van der Waals surface area contributed by atoms with Gasteiger partial charge in [-0.3, -0.25) is 0 Å². The lowest BCUT2D eigenvalue weighted by Crippen LogP contribution is -2.38. The van der Waals surface area contributed by atoms with Gasteiger partial charge in [0, 0.05) is 0 Å². The van der Waals surface area contributed by atoms with Crippen LogP contribution < -0.4 is 0 Å². The number of hydrogen-bond donors (Lipinski definition) is 2. The summed E-state index contributed by atoms with van der Waals surface area (Å²) in [6.45, 7) is 0.935. The summed E-state index contributed by atoms with van der Waals surface area (Å²) >= 11 is 0. The van der Waals surface area contributed by atoms with Crippen LogP contribution in [-0.2, 0) is 4.74 Å². The summed E-state index contributed by atoms with van der Waals surface area (Å²) in [6, 6.07) is 0. The molecule has 2 N–H and O–H groups in total. The van der Waals surface area contributed by atoms with Gasteiger partial charge in [-0.15, -0.1) is 0 Å². The van der Waals surface area contributed by atoms with Crippen LogP contribution >= 0.6 is 0 Å². The minimum atomic E-state index is -0.0590. The number of rotatable bonds is 2. The van der Waals surface area contributed by atoms with Gasteiger partial charge in [-0.1, -0.05) is 0 Å². The lowest BCUT2D eigenvalue weighted by atomic mass is 9.74. The molecule has 116 valence electrons. The topological polar surface area (TPSA) is 49.7 Å². The normalized spacial score (nSPS) is 47.1. The van der Waals surface area contributed by atoms with E-state index in [-0.39, 0.29) is 12.2 Å². The third-order valence-corrected chi connectivity index (χ3v) is 6.02. The predicted molar refractivity (Wildman–Crippen MR) is 78.4 cm³/mol. The summed E-state index contributed by atoms with van der Waals surface area (Å²) in [5, 5.41) is 19.2. The van der Waals surface area contributed by atoms with Crippen LogP contribution in [0.1, 0.15) is 64.2 Å². The summed E-state index contributed by atoms with van der Waals surface area (Å²) in [6.07, 6.45) is 11.5. The maximum absolute atomic E-state index is 9.61. The fourth-order valence-corrected chi connectivity index (χ4v) is 4.58. The molecule has 1 heterocycles. The highest BCUT2D eigenvalue weighted by atomic mass is 16.5. The number of ether oxygens (including phenoxy) is 1. The minimum absolute atomic E-state index is 0.0443. The van der Waals surface area contributed by atoms with E-state index in [9.17, 15) is 10.2 Å². The van der Waals surface area contributed by atoms with Crippen molar-refractivity contribution in [3.63, 3.8) is 0 Å². The van der Waals surface area contributed by atoms with Crippen LogP contribution in [0, 0.1) is 17.8 Å². The fraction of sp³-hybridized carbons (Fsp3) is 1.00. The molecule has 0 radical (unpaired) electrons. The maximum Gasteiger partial charge on any atom is 0.0603 e. The Morgan fingerprint density at radius 1 is 0.550 bits per heavy atom. The van der Waals surface area contributed by atoms with E-state index in [1.54, 1.807) is 0 Å². The molecule has 3 fully saturated rings. The highest BCUT2D eigenvalue weighted by Crippen LogP contribution is 2.39. The highest BCUT2D eigenvalue weighted by molar-refractivity contribution is 4.85. The molecule has 0 aromatic rings. The highest BCUT2D eigenvalue weighted by Gasteiger charge is 2.34. The van der Waals surface area contributed by atoms with Crippen molar-refractivity contribution in [3.8, 4) is 0 Å². The third-order valence-electron chi connectivity index (χ3n) is 6.02. The van der Waals surface area contributed by atoms with Crippen molar-refractivity contribution in [1.29, 1.82) is 0 Å². The molecule has 1 saturated heterocycles. The average molecular weight is 282 g/mol. The standard InChI is InChI=1S/C17H30O3/c18-15-6-1-12(2-7-15)14-5-10-17(20-11-14)13-3-8-16(19)9-4-13/h12-19H,1-11H2. The van der Waals surface area contributed by atoms with Crippen LogP contribution in [0.3, 0.4) is 0 Å². The zero-order valence-corrected chi connectivity index (χ0v) is 12.5. The third kappa shape index (κ3) is 3.55. The van der Waals surface area contributed by atoms with E-state index in [1.165, 1.54) is 25.7 Å². The van der Waals surface area contributed by atoms with Crippen molar-refractivity contribution in [2.45, 2.75) is 82.5 Å². The number of aliphatic hydroxyl groups is 2. The molecule has 0 spiro atoms. The van der Waals surface area contributed by atoms with Crippen molar-refractivity contribution < 1.29 is 14.9 Å². The van der Waals surface area contributed by atoms with E-state index in [1.807, 2.05) is 0 Å². The summed E-state index contributed by atoms with van der Waals surface area (Å²) < 4.78 is 6.20. The minimum Gasteiger partial charge on any atom is -0.393 e. The molecule has 2 aliphatic carbocycles. The molecular formula is C17H30O3. The summed E-state index contributed by atoms with van der Waals surface area (Å²) in [7, 11) is 0. The molecule has 0 amide bonds. The first-order valence-corrected chi connectivity index (χ1v) is 8.70. The molecule has 2 unspecified atom stereocenters. The zero-order valence-electron chi connectivity index (χ0n) is 12.5. The van der Waals surface area contributed by atoms with E-state index in [4.69, 9.17) is 4.74 Å². The van der Waals surface area contributed by atoms with Gasteiger partial charge in [0.15, 0.2) is 0 Å². The maximum atomic E-state index is 9.61. The largest absolute Gasteiger partial charge is 0.393 e. The summed E-state index contributed by atoms with van der Waals surface area (Å²) in [5.41, 5.74) is 0. The van der Waals surface area contributed by atoms with Gasteiger partial charge in [0.05, 0.1) is 24.9 Å². The molecule has 2 atom stereocenters. The first-order chi connectivity index (χ1) is 9.72. The second-order valence-electron chi connectivity index (χ2n) is 7.35. The Bertz CT molecular complexity index is 253. The zero-order chi connectivity index (χ0) is 13.9. The van der Waals surface area contributed by atoms with Crippen molar-refractivity contribution in [1.82, 2.24) is 0 Å². The van der Waals surface area contributed by atoms with E-state index in [0.29, 0.717) is 12.0 Å². The van der Waals surface area contributed by atoms with E-state index in [2.05, 4.69) is 0 Å². The van der Waals surface area contributed by atoms with Gasteiger partial charge in [-0.2, -0.15) is 0 Å². The van der Waals surface area contributed by atoms with Gasteiger partial charge in [-0.25, -0.2) is 0 Å². The van der Waals surface area contributed by atoms with E-state index < -0.39 is 0 Å². The molecule has 0 aromatic carbocycles. The molecular weight excluding hydrogens is 252 g/mol. The number of aliphatic hydroxyl groups excluding tert-OH is 2. The van der Waals surface area contributed by atoms with Crippen molar-refractivity contribution in [2.24, 2.45) is 17.8 Å². The number of hydrogen-bond acceptors (Lipinski definition) is 3. The fourth-order valence-electron chi connectivity index (χ4n) is 4.58. The Morgan fingerprint density at radius 3 is 1.55 bits per heavy atom.